The van der Waals surface area contributed by atoms with Crippen molar-refractivity contribution in [2.24, 2.45) is 0 Å². The molecule has 0 aromatic rings. The van der Waals surface area contributed by atoms with Crippen molar-refractivity contribution in [2.75, 3.05) is 13.2 Å². The predicted octanol–water partition coefficient (Wildman–Crippen LogP) is -2.85. The van der Waals surface area contributed by atoms with E-state index < -0.39 is 23.8 Å². The lowest BCUT2D eigenvalue weighted by Gasteiger charge is -2.52. The summed E-state index contributed by atoms with van der Waals surface area (Å²) in [7, 11) is 0. The molecule has 3 rings (SSSR count). The van der Waals surface area contributed by atoms with Gasteiger partial charge >= 0.3 is 0 Å². The fourth-order valence-corrected chi connectivity index (χ4v) is 1.37. The van der Waals surface area contributed by atoms with Gasteiger partial charge in [0, 0.05) is 0 Å². The molecule has 0 radical (unpaired) electrons. The quantitative estimate of drug-likeness (QED) is 0.318. The van der Waals surface area contributed by atoms with Crippen molar-refractivity contribution >= 4 is 0 Å². The summed E-state index contributed by atoms with van der Waals surface area (Å²) in [5.74, 6) is -3.77. The normalized spacial score (nSPS) is 59.0. The van der Waals surface area contributed by atoms with Gasteiger partial charge in [0.15, 0.2) is 0 Å². The van der Waals surface area contributed by atoms with Gasteiger partial charge in [0.2, 0.25) is 11.6 Å². The minimum absolute atomic E-state index is 0.346. The maximum Gasteiger partial charge on any atom is 0.219 e. The van der Waals surface area contributed by atoms with Crippen LogP contribution < -0.4 is 0 Å². The van der Waals surface area contributed by atoms with Crippen LogP contribution in [0.5, 0.6) is 0 Å². The van der Waals surface area contributed by atoms with Crippen LogP contribution in [-0.2, 0) is 9.47 Å². The third-order valence-corrected chi connectivity index (χ3v) is 2.28. The Morgan fingerprint density at radius 2 is 1.25 bits per heavy atom. The van der Waals surface area contributed by atoms with Crippen molar-refractivity contribution < 1.29 is 29.9 Å². The maximum atomic E-state index is 9.40. The van der Waals surface area contributed by atoms with Crippen LogP contribution in [0.15, 0.2) is 0 Å². The summed E-state index contributed by atoms with van der Waals surface area (Å²) in [5, 5.41) is 37.3. The number of hydrogen-bond acceptors (Lipinski definition) is 6. The Morgan fingerprint density at radius 3 is 1.50 bits per heavy atom. The van der Waals surface area contributed by atoms with Gasteiger partial charge < -0.3 is 29.9 Å². The van der Waals surface area contributed by atoms with Crippen LogP contribution in [0.25, 0.3) is 0 Å². The first-order valence-corrected chi connectivity index (χ1v) is 3.57. The molecule has 6 heteroatoms. The third kappa shape index (κ3) is 0.846. The molecule has 2 bridgehead atoms. The van der Waals surface area contributed by atoms with E-state index >= 15 is 0 Å². The molecule has 0 amide bonds. The fourth-order valence-electron chi connectivity index (χ4n) is 1.37. The van der Waals surface area contributed by atoms with Crippen LogP contribution in [-0.4, -0.2) is 57.4 Å². The zero-order valence-corrected chi connectivity index (χ0v) is 6.17. The van der Waals surface area contributed by atoms with Gasteiger partial charge in [0.1, 0.15) is 25.4 Å². The molecule has 3 heterocycles. The second kappa shape index (κ2) is 2.16. The second-order valence-corrected chi connectivity index (χ2v) is 3.16. The minimum atomic E-state index is -1.89. The minimum Gasteiger partial charge on any atom is -0.384 e. The Hall–Kier alpha value is -0.240. The van der Waals surface area contributed by atoms with E-state index in [4.69, 9.17) is 9.47 Å². The molecule has 0 aromatic heterocycles. The molecule has 6 nitrogen and oxygen atoms in total. The lowest BCUT2D eigenvalue weighted by Crippen LogP contribution is -2.74. The lowest BCUT2D eigenvalue weighted by atomic mass is 9.91. The van der Waals surface area contributed by atoms with Crippen LogP contribution in [0.2, 0.25) is 0 Å². The highest BCUT2D eigenvalue weighted by Crippen LogP contribution is 2.36. The molecule has 4 N–H and O–H groups in total. The zero-order chi connectivity index (χ0) is 8.98. The van der Waals surface area contributed by atoms with Gasteiger partial charge in [-0.3, -0.25) is 0 Å². The first kappa shape index (κ1) is 8.36. The summed E-state index contributed by atoms with van der Waals surface area (Å²) < 4.78 is 9.44. The molecule has 4 atom stereocenters. The van der Waals surface area contributed by atoms with Crippen LogP contribution in [0.4, 0.5) is 0 Å². The first-order chi connectivity index (χ1) is 5.48. The van der Waals surface area contributed by atoms with Crippen molar-refractivity contribution in [3.63, 3.8) is 0 Å². The summed E-state index contributed by atoms with van der Waals surface area (Å²) in [4.78, 5) is 0. The van der Waals surface area contributed by atoms with E-state index in [-0.39, 0.29) is 13.2 Å². The van der Waals surface area contributed by atoms with E-state index in [9.17, 15) is 20.4 Å². The van der Waals surface area contributed by atoms with Gasteiger partial charge in [-0.2, -0.15) is 0 Å². The lowest BCUT2D eigenvalue weighted by molar-refractivity contribution is -0.459. The van der Waals surface area contributed by atoms with Gasteiger partial charge in [-0.05, 0) is 0 Å². The average Bonchev–Trinajstić information content (AvgIpc) is 2.06. The van der Waals surface area contributed by atoms with Crippen LogP contribution in [0.1, 0.15) is 0 Å². The molecular weight excluding hydrogens is 168 g/mol. The van der Waals surface area contributed by atoms with Crippen molar-refractivity contribution in [1.29, 1.82) is 0 Å². The summed E-state index contributed by atoms with van der Waals surface area (Å²) in [6.07, 6.45) is -3.07. The Bertz CT molecular complexity index is 174. The van der Waals surface area contributed by atoms with E-state index in [1.54, 1.807) is 0 Å². The first-order valence-electron chi connectivity index (χ1n) is 3.57. The Kier molecular flexibility index (Phi) is 1.51. The number of ether oxygens (including phenoxy) is 2. The van der Waals surface area contributed by atoms with Gasteiger partial charge in [0.25, 0.3) is 0 Å². The zero-order valence-electron chi connectivity index (χ0n) is 6.17. The maximum absolute atomic E-state index is 9.40. The summed E-state index contributed by atoms with van der Waals surface area (Å²) >= 11 is 0. The average molecular weight is 178 g/mol. The van der Waals surface area contributed by atoms with Crippen molar-refractivity contribution in [2.45, 2.75) is 23.8 Å². The summed E-state index contributed by atoms with van der Waals surface area (Å²) in [6.45, 7) is -0.691. The molecule has 70 valence electrons. The third-order valence-electron chi connectivity index (χ3n) is 2.28. The van der Waals surface area contributed by atoms with E-state index in [1.165, 1.54) is 0 Å². The number of aliphatic hydroxyl groups is 4. The van der Waals surface area contributed by atoms with Gasteiger partial charge in [-0.1, -0.05) is 0 Å². The Morgan fingerprint density at radius 1 is 0.917 bits per heavy atom. The molecule has 3 saturated heterocycles. The molecule has 0 saturated carbocycles. The molecule has 12 heavy (non-hydrogen) atoms. The molecule has 3 aliphatic rings. The molecule has 2 unspecified atom stereocenters. The van der Waals surface area contributed by atoms with Crippen LogP contribution in [0.3, 0.4) is 0 Å². The van der Waals surface area contributed by atoms with E-state index in [0.29, 0.717) is 0 Å². The van der Waals surface area contributed by atoms with Crippen molar-refractivity contribution in [3.05, 3.63) is 0 Å². The monoisotopic (exact) mass is 178 g/mol. The van der Waals surface area contributed by atoms with E-state index in [0.717, 1.165) is 0 Å². The SMILES string of the molecule is O[C@H]1[C@H](O)C2(O)COC1(O)CO2. The molecular formula is C6H10O6. The molecule has 0 spiro atoms. The smallest absolute Gasteiger partial charge is 0.219 e. The topological polar surface area (TPSA) is 99.4 Å². The van der Waals surface area contributed by atoms with E-state index in [1.807, 2.05) is 0 Å². The molecule has 3 aliphatic heterocycles. The second-order valence-electron chi connectivity index (χ2n) is 3.16. The van der Waals surface area contributed by atoms with E-state index in [2.05, 4.69) is 0 Å². The highest BCUT2D eigenvalue weighted by atomic mass is 16.7. The predicted molar refractivity (Wildman–Crippen MR) is 33.8 cm³/mol. The number of aliphatic hydroxyl groups excluding tert-OH is 2. The molecule has 3 fully saturated rings. The van der Waals surface area contributed by atoms with Crippen LogP contribution >= 0.6 is 0 Å². The van der Waals surface area contributed by atoms with Gasteiger partial charge in [0.05, 0.1) is 0 Å². The molecule has 0 aliphatic carbocycles. The number of hydrogen-bond donors (Lipinski definition) is 4. The Labute approximate surface area is 68.0 Å². The van der Waals surface area contributed by atoms with Gasteiger partial charge in [-0.25, -0.2) is 0 Å². The summed E-state index contributed by atoms with van der Waals surface area (Å²) in [5.41, 5.74) is 0. The van der Waals surface area contributed by atoms with Crippen molar-refractivity contribution in [1.82, 2.24) is 0 Å². The summed E-state index contributed by atoms with van der Waals surface area (Å²) in [6, 6.07) is 0. The van der Waals surface area contributed by atoms with Crippen molar-refractivity contribution in [3.8, 4) is 0 Å². The fraction of sp³-hybridized carbons (Fsp3) is 1.00. The number of rotatable bonds is 0. The van der Waals surface area contributed by atoms with Crippen LogP contribution in [0, 0.1) is 0 Å². The largest absolute Gasteiger partial charge is 0.384 e. The highest BCUT2D eigenvalue weighted by Gasteiger charge is 2.61. The highest BCUT2D eigenvalue weighted by molar-refractivity contribution is 5.00. The number of fused-ring (bicyclic) bond motifs is 3. The standard InChI is InChI=1S/C6H10O6/c7-3-4(8)6(10)2-12-5(3,9)1-11-6/h3-4,7-10H,1-2H2/t3-,4-,5?,6?/m0/s1. The molecule has 0 aromatic carbocycles. The van der Waals surface area contributed by atoms with Gasteiger partial charge in [-0.15, -0.1) is 0 Å². The Balaban J connectivity index is 2.30.